The third kappa shape index (κ3) is 3.25. The van der Waals surface area contributed by atoms with Gasteiger partial charge in [0.15, 0.2) is 5.82 Å². The predicted octanol–water partition coefficient (Wildman–Crippen LogP) is 1.76. The molecule has 0 bridgehead atoms. The Balaban J connectivity index is 1.26. The van der Waals surface area contributed by atoms with Gasteiger partial charge in [-0.05, 0) is 31.0 Å². The lowest BCUT2D eigenvalue weighted by Gasteiger charge is -2.39. The van der Waals surface area contributed by atoms with Gasteiger partial charge in [-0.2, -0.15) is 10.1 Å². The second-order valence-electron chi connectivity index (χ2n) is 6.88. The van der Waals surface area contributed by atoms with Gasteiger partial charge >= 0.3 is 0 Å². The Morgan fingerprint density at radius 3 is 2.67 bits per heavy atom. The Labute approximate surface area is 142 Å². The van der Waals surface area contributed by atoms with Crippen LogP contribution in [0.3, 0.4) is 0 Å². The fourth-order valence-corrected chi connectivity index (χ4v) is 2.91. The molecule has 0 unspecified atom stereocenters. The first-order chi connectivity index (χ1) is 11.7. The van der Waals surface area contributed by atoms with Crippen molar-refractivity contribution in [1.29, 1.82) is 0 Å². The van der Waals surface area contributed by atoms with E-state index >= 15 is 0 Å². The molecular weight excluding hydrogens is 302 g/mol. The molecule has 1 saturated heterocycles. The fourth-order valence-electron chi connectivity index (χ4n) is 2.91. The maximum atomic E-state index is 4.48. The average Bonchev–Trinajstić information content (AvgIpc) is 3.39. The highest BCUT2D eigenvalue weighted by Gasteiger charge is 2.29. The molecule has 2 aromatic heterocycles. The average molecular weight is 325 g/mol. The predicted molar refractivity (Wildman–Crippen MR) is 94.6 cm³/mol. The van der Waals surface area contributed by atoms with Crippen LogP contribution < -0.4 is 15.1 Å². The molecule has 24 heavy (non-hydrogen) atoms. The molecule has 0 radical (unpaired) electrons. The highest BCUT2D eigenvalue weighted by molar-refractivity contribution is 5.43. The van der Waals surface area contributed by atoms with Crippen LogP contribution in [0.15, 0.2) is 24.4 Å². The number of hydrogen-bond acceptors (Lipinski definition) is 7. The fraction of sp³-hybridized carbons (Fsp3) is 0.529. The third-order valence-corrected chi connectivity index (χ3v) is 4.60. The Kier molecular flexibility index (Phi) is 3.92. The molecule has 1 saturated carbocycles. The normalized spacial score (nSPS) is 17.5. The molecule has 0 spiro atoms. The lowest BCUT2D eigenvalue weighted by molar-refractivity contribution is 0.424. The van der Waals surface area contributed by atoms with Crippen molar-refractivity contribution in [2.45, 2.75) is 18.8 Å². The molecular formula is C17H23N7. The van der Waals surface area contributed by atoms with E-state index in [1.807, 2.05) is 25.1 Å². The van der Waals surface area contributed by atoms with E-state index in [1.165, 1.54) is 12.8 Å². The van der Waals surface area contributed by atoms with Crippen LogP contribution in [-0.2, 0) is 0 Å². The molecule has 3 heterocycles. The number of anilines is 3. The number of nitrogens with one attached hydrogen (secondary N) is 1. The van der Waals surface area contributed by atoms with E-state index in [0.29, 0.717) is 17.8 Å². The van der Waals surface area contributed by atoms with Gasteiger partial charge in [-0.15, -0.1) is 5.10 Å². The lowest BCUT2D eigenvalue weighted by atomic mass is 10.0. The molecule has 2 fully saturated rings. The summed E-state index contributed by atoms with van der Waals surface area (Å²) in [5.74, 6) is 3.84. The molecule has 7 nitrogen and oxygen atoms in total. The summed E-state index contributed by atoms with van der Waals surface area (Å²) in [6, 6.07) is 6.14. The smallest absolute Gasteiger partial charge is 0.224 e. The minimum Gasteiger partial charge on any atom is -0.363 e. The molecule has 1 aliphatic heterocycles. The topological polar surface area (TPSA) is 70.1 Å². The maximum absolute atomic E-state index is 4.48. The number of hydrogen-bond donors (Lipinski definition) is 1. The SMILES string of the molecule is CN(C)c1ccnc(NCC2CN(c3ccc(C4CC4)nn3)C2)n1. The first-order valence-electron chi connectivity index (χ1n) is 8.52. The summed E-state index contributed by atoms with van der Waals surface area (Å²) >= 11 is 0. The van der Waals surface area contributed by atoms with Crippen molar-refractivity contribution in [3.05, 3.63) is 30.1 Å². The summed E-state index contributed by atoms with van der Waals surface area (Å²) in [6.07, 6.45) is 4.32. The van der Waals surface area contributed by atoms with E-state index in [4.69, 9.17) is 0 Å². The summed E-state index contributed by atoms with van der Waals surface area (Å²) in [5, 5.41) is 12.1. The Hall–Kier alpha value is -2.44. The van der Waals surface area contributed by atoms with Crippen molar-refractivity contribution in [2.24, 2.45) is 5.92 Å². The summed E-state index contributed by atoms with van der Waals surface area (Å²) < 4.78 is 0. The van der Waals surface area contributed by atoms with Crippen LogP contribution in [0.2, 0.25) is 0 Å². The number of rotatable bonds is 6. The van der Waals surface area contributed by atoms with E-state index in [1.54, 1.807) is 6.20 Å². The lowest BCUT2D eigenvalue weighted by Crippen LogP contribution is -2.50. The first-order valence-corrected chi connectivity index (χ1v) is 8.52. The molecule has 0 atom stereocenters. The largest absolute Gasteiger partial charge is 0.363 e. The Morgan fingerprint density at radius 1 is 1.17 bits per heavy atom. The van der Waals surface area contributed by atoms with Crippen LogP contribution in [0.1, 0.15) is 24.5 Å². The summed E-state index contributed by atoms with van der Waals surface area (Å²) in [6.45, 7) is 2.87. The third-order valence-electron chi connectivity index (χ3n) is 4.60. The molecule has 1 aliphatic carbocycles. The van der Waals surface area contributed by atoms with Crippen LogP contribution in [0.5, 0.6) is 0 Å². The zero-order valence-corrected chi connectivity index (χ0v) is 14.2. The van der Waals surface area contributed by atoms with Crippen molar-refractivity contribution in [3.63, 3.8) is 0 Å². The minimum atomic E-state index is 0.585. The summed E-state index contributed by atoms with van der Waals surface area (Å²) in [4.78, 5) is 13.0. The van der Waals surface area contributed by atoms with Gasteiger partial charge in [-0.25, -0.2) is 4.98 Å². The van der Waals surface area contributed by atoms with Crippen molar-refractivity contribution in [1.82, 2.24) is 20.2 Å². The van der Waals surface area contributed by atoms with Crippen molar-refractivity contribution in [2.75, 3.05) is 48.8 Å². The van der Waals surface area contributed by atoms with Crippen LogP contribution in [0, 0.1) is 5.92 Å². The summed E-state index contributed by atoms with van der Waals surface area (Å²) in [5.41, 5.74) is 1.15. The van der Waals surface area contributed by atoms with Crippen LogP contribution in [0.4, 0.5) is 17.6 Å². The highest BCUT2D eigenvalue weighted by Crippen LogP contribution is 2.38. The second kappa shape index (κ2) is 6.22. The van der Waals surface area contributed by atoms with Crippen molar-refractivity contribution in [3.8, 4) is 0 Å². The van der Waals surface area contributed by atoms with Crippen molar-refractivity contribution >= 4 is 17.6 Å². The quantitative estimate of drug-likeness (QED) is 0.867. The van der Waals surface area contributed by atoms with Gasteiger partial charge in [0.2, 0.25) is 5.95 Å². The van der Waals surface area contributed by atoms with Gasteiger partial charge in [-0.1, -0.05) is 0 Å². The molecule has 4 rings (SSSR count). The zero-order valence-electron chi connectivity index (χ0n) is 14.2. The van der Waals surface area contributed by atoms with Crippen LogP contribution >= 0.6 is 0 Å². The molecule has 2 aromatic rings. The first kappa shape index (κ1) is 15.1. The van der Waals surface area contributed by atoms with Gasteiger partial charge in [-0.3, -0.25) is 0 Å². The van der Waals surface area contributed by atoms with Crippen LogP contribution in [-0.4, -0.2) is 53.9 Å². The molecule has 7 heteroatoms. The van der Waals surface area contributed by atoms with Gasteiger partial charge < -0.3 is 15.1 Å². The number of nitrogens with zero attached hydrogens (tertiary/aromatic N) is 6. The van der Waals surface area contributed by atoms with E-state index in [-0.39, 0.29) is 0 Å². The van der Waals surface area contributed by atoms with E-state index < -0.39 is 0 Å². The molecule has 0 aromatic carbocycles. The molecule has 0 amide bonds. The Bertz CT molecular complexity index is 690. The zero-order chi connectivity index (χ0) is 16.5. The highest BCUT2D eigenvalue weighted by atomic mass is 15.3. The standard InChI is InChI=1S/C17H23N7/c1-23(2)15-7-8-18-17(20-15)19-9-12-10-24(11-12)16-6-5-14(21-22-16)13-3-4-13/h5-8,12-13H,3-4,9-11H2,1-2H3,(H,18,19,20). The van der Waals surface area contributed by atoms with Crippen molar-refractivity contribution < 1.29 is 0 Å². The van der Waals surface area contributed by atoms with Crippen LogP contribution in [0.25, 0.3) is 0 Å². The van der Waals surface area contributed by atoms with E-state index in [2.05, 4.69) is 42.5 Å². The van der Waals surface area contributed by atoms with Gasteiger partial charge in [0.1, 0.15) is 5.82 Å². The van der Waals surface area contributed by atoms with Gasteiger partial charge in [0.25, 0.3) is 0 Å². The summed E-state index contributed by atoms with van der Waals surface area (Å²) in [7, 11) is 3.96. The molecule has 126 valence electrons. The monoisotopic (exact) mass is 325 g/mol. The van der Waals surface area contributed by atoms with Gasteiger partial charge in [0.05, 0.1) is 5.69 Å². The second-order valence-corrected chi connectivity index (χ2v) is 6.88. The van der Waals surface area contributed by atoms with E-state index in [0.717, 1.165) is 37.0 Å². The van der Waals surface area contributed by atoms with Gasteiger partial charge in [0, 0.05) is 51.8 Å². The minimum absolute atomic E-state index is 0.585. The maximum Gasteiger partial charge on any atom is 0.224 e. The molecule has 2 aliphatic rings. The van der Waals surface area contributed by atoms with E-state index in [9.17, 15) is 0 Å². The number of aromatic nitrogens is 4. The Morgan fingerprint density at radius 2 is 2.00 bits per heavy atom. The molecule has 1 N–H and O–H groups in total.